The maximum atomic E-state index is 11.6. The summed E-state index contributed by atoms with van der Waals surface area (Å²) in [4.78, 5) is 12.8. The zero-order valence-corrected chi connectivity index (χ0v) is 18.8. The molecule has 3 N–H and O–H groups in total. The molecule has 0 fully saturated rings. The Kier molecular flexibility index (Phi) is 5.86. The van der Waals surface area contributed by atoms with Gasteiger partial charge in [-0.2, -0.15) is 0 Å². The Labute approximate surface area is 190 Å². The molecule has 0 spiro atoms. The van der Waals surface area contributed by atoms with Crippen molar-refractivity contribution >= 4 is 44.0 Å². The van der Waals surface area contributed by atoms with Crippen LogP contribution in [0.3, 0.4) is 0 Å². The largest absolute Gasteiger partial charge is 0.508 e. The number of hydrogen-bond donors (Lipinski definition) is 3. The van der Waals surface area contributed by atoms with Crippen LogP contribution in [0, 0.1) is 0 Å². The second kappa shape index (κ2) is 8.60. The standard InChI is InChI=1S/C22H20ClN5O3S/c1-13(14-4-3-5-17(29)8-14)27-22-18-9-15(6-7-19(18)25-12-26-22)16-10-20(21(23)24-11-16)28-32(2,30)31/h3-13,28-29H,1-2H3,(H,25,26,27). The quantitative estimate of drug-likeness (QED) is 0.353. The van der Waals surface area contributed by atoms with Gasteiger partial charge in [0.05, 0.1) is 23.5 Å². The molecule has 32 heavy (non-hydrogen) atoms. The van der Waals surface area contributed by atoms with Gasteiger partial charge in [-0.3, -0.25) is 4.72 Å². The lowest BCUT2D eigenvalue weighted by molar-refractivity contribution is 0.474. The zero-order chi connectivity index (χ0) is 22.9. The van der Waals surface area contributed by atoms with Gasteiger partial charge in [0.1, 0.15) is 17.9 Å². The number of halogens is 1. The number of anilines is 2. The van der Waals surface area contributed by atoms with E-state index in [4.69, 9.17) is 11.6 Å². The summed E-state index contributed by atoms with van der Waals surface area (Å²) in [5, 5.41) is 14.0. The lowest BCUT2D eigenvalue weighted by Crippen LogP contribution is -2.10. The lowest BCUT2D eigenvalue weighted by atomic mass is 10.0. The van der Waals surface area contributed by atoms with Crippen LogP contribution in [0.15, 0.2) is 61.1 Å². The Morgan fingerprint density at radius 1 is 1.03 bits per heavy atom. The van der Waals surface area contributed by atoms with E-state index in [1.807, 2.05) is 31.2 Å². The zero-order valence-electron chi connectivity index (χ0n) is 17.2. The highest BCUT2D eigenvalue weighted by molar-refractivity contribution is 7.92. The summed E-state index contributed by atoms with van der Waals surface area (Å²) in [6.07, 6.45) is 4.11. The third kappa shape index (κ3) is 4.90. The Hall–Kier alpha value is -3.43. The summed E-state index contributed by atoms with van der Waals surface area (Å²) in [6, 6.07) is 14.2. The third-order valence-electron chi connectivity index (χ3n) is 4.83. The molecule has 0 aliphatic rings. The van der Waals surface area contributed by atoms with Crippen molar-refractivity contribution in [2.24, 2.45) is 0 Å². The average Bonchev–Trinajstić information content (AvgIpc) is 2.74. The Morgan fingerprint density at radius 3 is 2.59 bits per heavy atom. The molecule has 0 radical (unpaired) electrons. The highest BCUT2D eigenvalue weighted by atomic mass is 35.5. The molecule has 2 aromatic heterocycles. The fourth-order valence-electron chi connectivity index (χ4n) is 3.31. The molecule has 0 aliphatic carbocycles. The number of aromatic hydroxyl groups is 1. The summed E-state index contributed by atoms with van der Waals surface area (Å²) in [7, 11) is -3.51. The Balaban J connectivity index is 1.72. The van der Waals surface area contributed by atoms with Crippen molar-refractivity contribution in [2.45, 2.75) is 13.0 Å². The molecule has 0 aliphatic heterocycles. The van der Waals surface area contributed by atoms with E-state index in [0.717, 1.165) is 28.3 Å². The number of phenols is 1. The van der Waals surface area contributed by atoms with E-state index in [9.17, 15) is 13.5 Å². The predicted octanol–water partition coefficient (Wildman–Crippen LogP) is 4.60. The van der Waals surface area contributed by atoms with Crippen molar-refractivity contribution in [1.82, 2.24) is 15.0 Å². The van der Waals surface area contributed by atoms with Crippen molar-refractivity contribution in [1.29, 1.82) is 0 Å². The summed E-state index contributed by atoms with van der Waals surface area (Å²) in [5.74, 6) is 0.823. The molecule has 0 saturated heterocycles. The van der Waals surface area contributed by atoms with E-state index in [1.54, 1.807) is 30.5 Å². The highest BCUT2D eigenvalue weighted by Gasteiger charge is 2.13. The first-order chi connectivity index (χ1) is 15.2. The van der Waals surface area contributed by atoms with Crippen molar-refractivity contribution < 1.29 is 13.5 Å². The molecular weight excluding hydrogens is 450 g/mol. The van der Waals surface area contributed by atoms with Crippen molar-refractivity contribution in [3.63, 3.8) is 0 Å². The fraction of sp³-hybridized carbons (Fsp3) is 0.136. The highest BCUT2D eigenvalue weighted by Crippen LogP contribution is 2.32. The molecule has 8 nitrogen and oxygen atoms in total. The van der Waals surface area contributed by atoms with Crippen LogP contribution >= 0.6 is 11.6 Å². The van der Waals surface area contributed by atoms with Gasteiger partial charge in [0.25, 0.3) is 0 Å². The van der Waals surface area contributed by atoms with Crippen LogP contribution in [0.1, 0.15) is 18.5 Å². The first-order valence-electron chi connectivity index (χ1n) is 9.63. The maximum Gasteiger partial charge on any atom is 0.229 e. The molecule has 10 heteroatoms. The van der Waals surface area contributed by atoms with Gasteiger partial charge in [0.2, 0.25) is 10.0 Å². The minimum Gasteiger partial charge on any atom is -0.508 e. The van der Waals surface area contributed by atoms with E-state index in [1.165, 1.54) is 6.33 Å². The minimum atomic E-state index is -3.51. The molecule has 2 heterocycles. The number of sulfonamides is 1. The molecule has 4 aromatic rings. The van der Waals surface area contributed by atoms with Gasteiger partial charge >= 0.3 is 0 Å². The molecule has 2 aromatic carbocycles. The fourth-order valence-corrected chi connectivity index (χ4v) is 4.07. The van der Waals surface area contributed by atoms with Gasteiger partial charge in [-0.25, -0.2) is 23.4 Å². The van der Waals surface area contributed by atoms with Crippen LogP contribution < -0.4 is 10.0 Å². The van der Waals surface area contributed by atoms with Gasteiger partial charge in [-0.1, -0.05) is 29.8 Å². The molecule has 164 valence electrons. The predicted molar refractivity (Wildman–Crippen MR) is 126 cm³/mol. The van der Waals surface area contributed by atoms with E-state index in [0.29, 0.717) is 11.4 Å². The Bertz CT molecular complexity index is 1410. The smallest absolute Gasteiger partial charge is 0.229 e. The van der Waals surface area contributed by atoms with Gasteiger partial charge in [0, 0.05) is 17.1 Å². The summed E-state index contributed by atoms with van der Waals surface area (Å²) < 4.78 is 25.6. The van der Waals surface area contributed by atoms with Gasteiger partial charge < -0.3 is 10.4 Å². The topological polar surface area (TPSA) is 117 Å². The van der Waals surface area contributed by atoms with E-state index in [-0.39, 0.29) is 22.6 Å². The molecule has 0 amide bonds. The Morgan fingerprint density at radius 2 is 1.84 bits per heavy atom. The molecule has 1 atom stereocenters. The first kappa shape index (κ1) is 21.8. The van der Waals surface area contributed by atoms with Crippen molar-refractivity contribution in [3.05, 3.63) is 71.8 Å². The average molecular weight is 470 g/mol. The number of phenolic OH excluding ortho intramolecular Hbond substituents is 1. The van der Waals surface area contributed by atoms with Crippen LogP contribution in [-0.4, -0.2) is 34.7 Å². The minimum absolute atomic E-state index is 0.0607. The molecule has 1 unspecified atom stereocenters. The van der Waals surface area contributed by atoms with Crippen molar-refractivity contribution in [2.75, 3.05) is 16.3 Å². The van der Waals surface area contributed by atoms with Crippen LogP contribution in [0.5, 0.6) is 5.75 Å². The van der Waals surface area contributed by atoms with E-state index >= 15 is 0 Å². The number of hydrogen-bond acceptors (Lipinski definition) is 7. The second-order valence-corrected chi connectivity index (χ2v) is 9.46. The van der Waals surface area contributed by atoms with E-state index < -0.39 is 10.0 Å². The third-order valence-corrected chi connectivity index (χ3v) is 5.72. The molecule has 0 bridgehead atoms. The van der Waals surface area contributed by atoms with Crippen LogP contribution in [0.2, 0.25) is 5.15 Å². The first-order valence-corrected chi connectivity index (χ1v) is 11.9. The van der Waals surface area contributed by atoms with Gasteiger partial charge in [-0.15, -0.1) is 0 Å². The molecule has 0 saturated carbocycles. The van der Waals surface area contributed by atoms with Gasteiger partial charge in [-0.05, 0) is 48.4 Å². The maximum absolute atomic E-state index is 11.6. The number of benzene rings is 2. The number of pyridine rings is 1. The van der Waals surface area contributed by atoms with Crippen LogP contribution in [0.25, 0.3) is 22.0 Å². The second-order valence-electron chi connectivity index (χ2n) is 7.35. The molecule has 4 rings (SSSR count). The van der Waals surface area contributed by atoms with E-state index in [2.05, 4.69) is 25.0 Å². The van der Waals surface area contributed by atoms with Crippen LogP contribution in [0.4, 0.5) is 11.5 Å². The molecular formula is C22H20ClN5O3S. The monoisotopic (exact) mass is 469 g/mol. The number of rotatable bonds is 6. The van der Waals surface area contributed by atoms with Gasteiger partial charge in [0.15, 0.2) is 5.15 Å². The number of nitrogens with one attached hydrogen (secondary N) is 2. The summed E-state index contributed by atoms with van der Waals surface area (Å²) in [5.41, 5.74) is 3.32. The summed E-state index contributed by atoms with van der Waals surface area (Å²) in [6.45, 7) is 1.97. The number of aromatic nitrogens is 3. The normalized spacial score (nSPS) is 12.5. The number of nitrogens with zero attached hydrogens (tertiary/aromatic N) is 3. The lowest BCUT2D eigenvalue weighted by Gasteiger charge is -2.17. The SMILES string of the molecule is CC(Nc1ncnc2ccc(-c3cnc(Cl)c(NS(C)(=O)=O)c3)cc12)c1cccc(O)c1. The summed E-state index contributed by atoms with van der Waals surface area (Å²) >= 11 is 6.05. The van der Waals surface area contributed by atoms with Crippen LogP contribution in [-0.2, 0) is 10.0 Å². The number of fused-ring (bicyclic) bond motifs is 1. The van der Waals surface area contributed by atoms with Crippen molar-refractivity contribution in [3.8, 4) is 16.9 Å².